The number of H-pyrrole nitrogens is 1. The van der Waals surface area contributed by atoms with Gasteiger partial charge in [-0.05, 0) is 18.9 Å². The Hall–Kier alpha value is -2.28. The lowest BCUT2D eigenvalue weighted by Gasteiger charge is -2.31. The zero-order chi connectivity index (χ0) is 15.4. The fourth-order valence-electron chi connectivity index (χ4n) is 2.83. The minimum Gasteiger partial charge on any atom is -0.396 e. The molecule has 1 amide bonds. The summed E-state index contributed by atoms with van der Waals surface area (Å²) >= 11 is 0. The third-order valence-corrected chi connectivity index (χ3v) is 3.97. The fourth-order valence-corrected chi connectivity index (χ4v) is 2.83. The summed E-state index contributed by atoms with van der Waals surface area (Å²) < 4.78 is 0. The summed E-state index contributed by atoms with van der Waals surface area (Å²) in [5.74, 6) is 0.197. The molecule has 22 heavy (non-hydrogen) atoms. The molecule has 2 aromatic rings. The molecule has 1 saturated heterocycles. The second-order valence-corrected chi connectivity index (χ2v) is 5.51. The standard InChI is InChI=1S/C15H19N5O2/c21-5-3-13-6-14(19-18-13)11-2-1-4-20(9-11)15(22)12-7-16-10-17-8-12/h6-8,10-11,21H,1-5,9H2,(H,18,19)/t11-/m1/s1. The van der Waals surface area contributed by atoms with Crippen LogP contribution in [0.5, 0.6) is 0 Å². The number of aromatic nitrogens is 4. The molecule has 0 radical (unpaired) electrons. The lowest BCUT2D eigenvalue weighted by atomic mass is 9.94. The maximum absolute atomic E-state index is 12.5. The van der Waals surface area contributed by atoms with Gasteiger partial charge < -0.3 is 10.0 Å². The highest BCUT2D eigenvalue weighted by molar-refractivity contribution is 5.93. The number of likely N-dealkylation sites (tertiary alicyclic amines) is 1. The average Bonchev–Trinajstić information content (AvgIpc) is 3.04. The van der Waals surface area contributed by atoms with Crippen molar-refractivity contribution in [1.82, 2.24) is 25.1 Å². The van der Waals surface area contributed by atoms with Gasteiger partial charge in [0, 0.05) is 50.1 Å². The molecule has 1 atom stereocenters. The lowest BCUT2D eigenvalue weighted by Crippen LogP contribution is -2.39. The first-order valence-corrected chi connectivity index (χ1v) is 7.47. The van der Waals surface area contributed by atoms with Crippen molar-refractivity contribution < 1.29 is 9.90 Å². The first kappa shape index (κ1) is 14.6. The number of aliphatic hydroxyl groups is 1. The molecule has 7 nitrogen and oxygen atoms in total. The third-order valence-electron chi connectivity index (χ3n) is 3.97. The Morgan fingerprint density at radius 1 is 1.41 bits per heavy atom. The Bertz CT molecular complexity index is 628. The first-order chi connectivity index (χ1) is 10.8. The molecule has 116 valence electrons. The van der Waals surface area contributed by atoms with Crippen molar-refractivity contribution in [2.45, 2.75) is 25.2 Å². The molecule has 0 saturated carbocycles. The number of nitrogens with one attached hydrogen (secondary N) is 1. The summed E-state index contributed by atoms with van der Waals surface area (Å²) in [7, 11) is 0. The number of hydrogen-bond acceptors (Lipinski definition) is 5. The van der Waals surface area contributed by atoms with E-state index in [0.29, 0.717) is 18.5 Å². The normalized spacial score (nSPS) is 18.4. The summed E-state index contributed by atoms with van der Waals surface area (Å²) in [6.45, 7) is 1.50. The van der Waals surface area contributed by atoms with Gasteiger partial charge in [0.25, 0.3) is 5.91 Å². The number of piperidine rings is 1. The van der Waals surface area contributed by atoms with Gasteiger partial charge in [-0.25, -0.2) is 9.97 Å². The van der Waals surface area contributed by atoms with Crippen LogP contribution >= 0.6 is 0 Å². The summed E-state index contributed by atoms with van der Waals surface area (Å²) in [6, 6.07) is 1.99. The second kappa shape index (κ2) is 6.65. The van der Waals surface area contributed by atoms with Crippen molar-refractivity contribution in [3.63, 3.8) is 0 Å². The summed E-state index contributed by atoms with van der Waals surface area (Å²) in [5, 5.41) is 16.2. The van der Waals surface area contributed by atoms with Gasteiger partial charge >= 0.3 is 0 Å². The van der Waals surface area contributed by atoms with E-state index >= 15 is 0 Å². The topological polar surface area (TPSA) is 95.0 Å². The van der Waals surface area contributed by atoms with E-state index in [4.69, 9.17) is 5.11 Å². The smallest absolute Gasteiger partial charge is 0.257 e. The Morgan fingerprint density at radius 2 is 2.23 bits per heavy atom. The van der Waals surface area contributed by atoms with E-state index in [1.807, 2.05) is 11.0 Å². The third kappa shape index (κ3) is 3.14. The van der Waals surface area contributed by atoms with Gasteiger partial charge in [0.1, 0.15) is 6.33 Å². The zero-order valence-electron chi connectivity index (χ0n) is 12.3. The number of hydrogen-bond donors (Lipinski definition) is 2. The fraction of sp³-hybridized carbons (Fsp3) is 0.467. The summed E-state index contributed by atoms with van der Waals surface area (Å²) in [5.41, 5.74) is 2.41. The number of amides is 1. The van der Waals surface area contributed by atoms with Gasteiger partial charge in [-0.1, -0.05) is 0 Å². The Morgan fingerprint density at radius 3 is 3.00 bits per heavy atom. The van der Waals surface area contributed by atoms with Crippen LogP contribution in [0.3, 0.4) is 0 Å². The predicted molar refractivity (Wildman–Crippen MR) is 79.3 cm³/mol. The van der Waals surface area contributed by atoms with Gasteiger partial charge in [-0.15, -0.1) is 0 Å². The van der Waals surface area contributed by atoms with Crippen LogP contribution in [0, 0.1) is 0 Å². The van der Waals surface area contributed by atoms with Crippen LogP contribution in [0.1, 0.15) is 40.5 Å². The molecular weight excluding hydrogens is 282 g/mol. The van der Waals surface area contributed by atoms with Crippen LogP contribution in [0.2, 0.25) is 0 Å². The quantitative estimate of drug-likeness (QED) is 0.869. The van der Waals surface area contributed by atoms with E-state index in [0.717, 1.165) is 30.8 Å². The highest BCUT2D eigenvalue weighted by Gasteiger charge is 2.27. The lowest BCUT2D eigenvalue weighted by molar-refractivity contribution is 0.0705. The second-order valence-electron chi connectivity index (χ2n) is 5.51. The SMILES string of the molecule is O=C(c1cncnc1)N1CCC[C@@H](c2cc(CCO)[nH]n2)C1. The van der Waals surface area contributed by atoms with Gasteiger partial charge in [0.2, 0.25) is 0 Å². The summed E-state index contributed by atoms with van der Waals surface area (Å²) in [6.07, 6.45) is 7.05. The minimum atomic E-state index is -0.0311. The van der Waals surface area contributed by atoms with Crippen LogP contribution < -0.4 is 0 Å². The molecule has 7 heteroatoms. The molecule has 0 aromatic carbocycles. The number of aliphatic hydroxyl groups excluding tert-OH is 1. The van der Waals surface area contributed by atoms with E-state index < -0.39 is 0 Å². The molecule has 0 spiro atoms. The van der Waals surface area contributed by atoms with Crippen LogP contribution in [0.4, 0.5) is 0 Å². The molecule has 1 aliphatic heterocycles. The Labute approximate surface area is 128 Å². The Balaban J connectivity index is 1.69. The number of carbonyl (C=O) groups is 1. The van der Waals surface area contributed by atoms with Crippen LogP contribution in [-0.4, -0.2) is 55.8 Å². The summed E-state index contributed by atoms with van der Waals surface area (Å²) in [4.78, 5) is 22.1. The number of aromatic amines is 1. The molecule has 1 fully saturated rings. The first-order valence-electron chi connectivity index (χ1n) is 7.47. The maximum atomic E-state index is 12.5. The molecule has 3 heterocycles. The van der Waals surface area contributed by atoms with Crippen molar-refractivity contribution >= 4 is 5.91 Å². The molecule has 0 aliphatic carbocycles. The molecule has 2 N–H and O–H groups in total. The number of carbonyl (C=O) groups excluding carboxylic acids is 1. The van der Waals surface area contributed by atoms with Gasteiger partial charge in [-0.2, -0.15) is 5.10 Å². The van der Waals surface area contributed by atoms with E-state index in [9.17, 15) is 4.79 Å². The van der Waals surface area contributed by atoms with Gasteiger partial charge in [-0.3, -0.25) is 9.89 Å². The van der Waals surface area contributed by atoms with E-state index in [1.165, 1.54) is 6.33 Å². The van der Waals surface area contributed by atoms with Gasteiger partial charge in [0.15, 0.2) is 0 Å². The van der Waals surface area contributed by atoms with Crippen molar-refractivity contribution in [3.8, 4) is 0 Å². The van der Waals surface area contributed by atoms with Crippen LogP contribution in [0.25, 0.3) is 0 Å². The van der Waals surface area contributed by atoms with Gasteiger partial charge in [0.05, 0.1) is 11.3 Å². The molecule has 1 aliphatic rings. The maximum Gasteiger partial charge on any atom is 0.257 e. The molecular formula is C15H19N5O2. The van der Waals surface area contributed by atoms with Crippen molar-refractivity contribution in [1.29, 1.82) is 0 Å². The molecule has 3 rings (SSSR count). The zero-order valence-corrected chi connectivity index (χ0v) is 12.3. The average molecular weight is 301 g/mol. The monoisotopic (exact) mass is 301 g/mol. The van der Waals surface area contributed by atoms with Crippen molar-refractivity contribution in [2.24, 2.45) is 0 Å². The molecule has 0 unspecified atom stereocenters. The minimum absolute atomic E-state index is 0.0311. The highest BCUT2D eigenvalue weighted by atomic mass is 16.3. The highest BCUT2D eigenvalue weighted by Crippen LogP contribution is 2.26. The van der Waals surface area contributed by atoms with Crippen molar-refractivity contribution in [3.05, 3.63) is 41.7 Å². The van der Waals surface area contributed by atoms with E-state index in [1.54, 1.807) is 12.4 Å². The van der Waals surface area contributed by atoms with E-state index in [2.05, 4.69) is 20.2 Å². The number of rotatable bonds is 4. The largest absolute Gasteiger partial charge is 0.396 e. The Kier molecular flexibility index (Phi) is 4.43. The predicted octanol–water partition coefficient (Wildman–Crippen LogP) is 0.754. The van der Waals surface area contributed by atoms with Crippen molar-refractivity contribution in [2.75, 3.05) is 19.7 Å². The van der Waals surface area contributed by atoms with Crippen LogP contribution in [-0.2, 0) is 6.42 Å². The number of nitrogens with zero attached hydrogens (tertiary/aromatic N) is 4. The van der Waals surface area contributed by atoms with Crippen LogP contribution in [0.15, 0.2) is 24.8 Å². The molecule has 0 bridgehead atoms. The van der Waals surface area contributed by atoms with E-state index in [-0.39, 0.29) is 18.4 Å². The molecule has 2 aromatic heterocycles.